The van der Waals surface area contributed by atoms with Gasteiger partial charge in [-0.15, -0.1) is 11.3 Å². The van der Waals surface area contributed by atoms with Crippen molar-refractivity contribution in [3.05, 3.63) is 48.5 Å². The van der Waals surface area contributed by atoms with Crippen molar-refractivity contribution in [1.82, 2.24) is 0 Å². The zero-order valence-corrected chi connectivity index (χ0v) is 13.5. The Hall–Kier alpha value is -0.690. The van der Waals surface area contributed by atoms with E-state index >= 15 is 0 Å². The van der Waals surface area contributed by atoms with Gasteiger partial charge in [-0.3, -0.25) is 4.79 Å². The molecule has 0 amide bonds. The highest BCUT2D eigenvalue weighted by Crippen LogP contribution is 2.32. The summed E-state index contributed by atoms with van der Waals surface area (Å²) in [6, 6.07) is 3.12. The summed E-state index contributed by atoms with van der Waals surface area (Å²) < 4.78 is 32.2. The molecule has 0 saturated heterocycles. The zero-order chi connectivity index (χ0) is 14.9. The van der Waals surface area contributed by atoms with E-state index in [0.717, 1.165) is 17.4 Å². The highest BCUT2D eigenvalue weighted by molar-refractivity contribution is 9.10. The predicted molar refractivity (Wildman–Crippen MR) is 78.2 cm³/mol. The van der Waals surface area contributed by atoms with Gasteiger partial charge >= 0.3 is 0 Å². The number of hydrogen-bond donors (Lipinski definition) is 0. The Kier molecular flexibility index (Phi) is 5.01. The Morgan fingerprint density at radius 2 is 2.00 bits per heavy atom. The molecule has 8 heteroatoms. The number of ketones is 1. The van der Waals surface area contributed by atoms with Crippen LogP contribution in [-0.2, 0) is 0 Å². The first-order chi connectivity index (χ1) is 9.38. The van der Waals surface area contributed by atoms with Gasteiger partial charge in [-0.2, -0.15) is 0 Å². The third-order valence-electron chi connectivity index (χ3n) is 2.27. The Morgan fingerprint density at radius 3 is 2.55 bits per heavy atom. The predicted octanol–water partition coefficient (Wildman–Crippen LogP) is 5.36. The quantitative estimate of drug-likeness (QED) is 0.645. The standard InChI is InChI=1S/C12H5BrCl2F2O2S/c13-7-1-5(16)2-8(17)11(7)19-4-9(18)6-3-10(14)20-12(6)15/h1-3H,4H2. The van der Waals surface area contributed by atoms with Gasteiger partial charge in [0.1, 0.15) is 10.2 Å². The fourth-order valence-electron chi connectivity index (χ4n) is 1.41. The molecule has 0 aliphatic heterocycles. The second-order valence-corrected chi connectivity index (χ2v) is 6.79. The highest BCUT2D eigenvalue weighted by Gasteiger charge is 2.17. The maximum absolute atomic E-state index is 13.5. The Morgan fingerprint density at radius 1 is 1.30 bits per heavy atom. The van der Waals surface area contributed by atoms with Gasteiger partial charge in [0.2, 0.25) is 5.78 Å². The molecule has 0 atom stereocenters. The van der Waals surface area contributed by atoms with E-state index in [0.29, 0.717) is 10.4 Å². The summed E-state index contributed by atoms with van der Waals surface area (Å²) in [5, 5.41) is 0. The minimum Gasteiger partial charge on any atom is -0.481 e. The molecule has 1 aromatic heterocycles. The fourth-order valence-corrected chi connectivity index (χ4v) is 3.43. The van der Waals surface area contributed by atoms with Gasteiger partial charge in [0.15, 0.2) is 18.2 Å². The number of Topliss-reactive ketones (excluding diaryl/α,β-unsaturated/α-hetero) is 1. The minimum atomic E-state index is -0.904. The molecule has 2 nitrogen and oxygen atoms in total. The van der Waals surface area contributed by atoms with E-state index in [9.17, 15) is 13.6 Å². The first kappa shape index (κ1) is 15.7. The molecular weight excluding hydrogens is 397 g/mol. The molecule has 2 rings (SSSR count). The van der Waals surface area contributed by atoms with Crippen molar-refractivity contribution in [1.29, 1.82) is 0 Å². The Bertz CT molecular complexity index is 652. The topological polar surface area (TPSA) is 26.3 Å². The second-order valence-electron chi connectivity index (χ2n) is 3.65. The Labute approximate surface area is 135 Å². The summed E-state index contributed by atoms with van der Waals surface area (Å²) >= 11 is 15.6. The lowest BCUT2D eigenvalue weighted by Crippen LogP contribution is -2.12. The summed E-state index contributed by atoms with van der Waals surface area (Å²) in [6.07, 6.45) is 0. The molecule has 0 saturated carbocycles. The van der Waals surface area contributed by atoms with Gasteiger partial charge in [0.05, 0.1) is 14.4 Å². The maximum Gasteiger partial charge on any atom is 0.202 e. The highest BCUT2D eigenvalue weighted by atomic mass is 79.9. The van der Waals surface area contributed by atoms with E-state index in [1.807, 2.05) is 0 Å². The van der Waals surface area contributed by atoms with Gasteiger partial charge < -0.3 is 4.74 Å². The van der Waals surface area contributed by atoms with E-state index < -0.39 is 24.0 Å². The number of halogens is 5. The van der Waals surface area contributed by atoms with Gasteiger partial charge in [-0.25, -0.2) is 8.78 Å². The fraction of sp³-hybridized carbons (Fsp3) is 0.0833. The monoisotopic (exact) mass is 400 g/mol. The van der Waals surface area contributed by atoms with Crippen LogP contribution in [0.25, 0.3) is 0 Å². The third-order valence-corrected chi connectivity index (χ3v) is 4.34. The van der Waals surface area contributed by atoms with Crippen molar-refractivity contribution in [3.63, 3.8) is 0 Å². The normalized spacial score (nSPS) is 10.7. The first-order valence-electron chi connectivity index (χ1n) is 5.14. The van der Waals surface area contributed by atoms with E-state index in [1.165, 1.54) is 6.07 Å². The average molecular weight is 402 g/mol. The molecule has 20 heavy (non-hydrogen) atoms. The maximum atomic E-state index is 13.5. The molecule has 0 bridgehead atoms. The molecule has 0 radical (unpaired) electrons. The summed E-state index contributed by atoms with van der Waals surface area (Å²) in [4.78, 5) is 11.9. The molecule has 0 N–H and O–H groups in total. The van der Waals surface area contributed by atoms with E-state index in [4.69, 9.17) is 27.9 Å². The van der Waals surface area contributed by atoms with Crippen LogP contribution in [-0.4, -0.2) is 12.4 Å². The van der Waals surface area contributed by atoms with Crippen LogP contribution in [0.4, 0.5) is 8.78 Å². The number of carbonyl (C=O) groups excluding carboxylic acids is 1. The molecule has 1 heterocycles. The van der Waals surface area contributed by atoms with Crippen LogP contribution in [0.1, 0.15) is 10.4 Å². The number of rotatable bonds is 4. The van der Waals surface area contributed by atoms with E-state index in [-0.39, 0.29) is 20.1 Å². The van der Waals surface area contributed by atoms with Gasteiger partial charge in [-0.05, 0) is 28.1 Å². The molecule has 0 unspecified atom stereocenters. The second kappa shape index (κ2) is 6.39. The molecule has 106 valence electrons. The first-order valence-corrected chi connectivity index (χ1v) is 7.50. The smallest absolute Gasteiger partial charge is 0.202 e. The number of ether oxygens (including phenoxy) is 1. The van der Waals surface area contributed by atoms with Crippen molar-refractivity contribution < 1.29 is 18.3 Å². The van der Waals surface area contributed by atoms with E-state index in [1.54, 1.807) is 0 Å². The minimum absolute atomic E-state index is 0.0808. The van der Waals surface area contributed by atoms with Crippen LogP contribution in [0.15, 0.2) is 22.7 Å². The van der Waals surface area contributed by atoms with Crippen molar-refractivity contribution in [2.45, 2.75) is 0 Å². The summed E-state index contributed by atoms with van der Waals surface area (Å²) in [5.74, 6) is -2.34. The number of carbonyl (C=O) groups is 1. The van der Waals surface area contributed by atoms with Gasteiger partial charge in [-0.1, -0.05) is 23.2 Å². The lowest BCUT2D eigenvalue weighted by Gasteiger charge is -2.08. The van der Waals surface area contributed by atoms with E-state index in [2.05, 4.69) is 15.9 Å². The van der Waals surface area contributed by atoms with Crippen LogP contribution >= 0.6 is 50.5 Å². The number of benzene rings is 1. The summed E-state index contributed by atoms with van der Waals surface area (Å²) in [6.45, 7) is -0.437. The van der Waals surface area contributed by atoms with Crippen LogP contribution in [0.5, 0.6) is 5.75 Å². The molecule has 0 aliphatic carbocycles. The molecule has 0 aliphatic rings. The lowest BCUT2D eigenvalue weighted by atomic mass is 10.2. The van der Waals surface area contributed by atoms with Crippen molar-refractivity contribution >= 4 is 56.3 Å². The van der Waals surface area contributed by atoms with Gasteiger partial charge in [0.25, 0.3) is 0 Å². The van der Waals surface area contributed by atoms with Crippen molar-refractivity contribution in [2.24, 2.45) is 0 Å². The number of thiophene rings is 1. The zero-order valence-electron chi connectivity index (χ0n) is 9.55. The summed E-state index contributed by atoms with van der Waals surface area (Å²) in [5.41, 5.74) is 0.209. The largest absolute Gasteiger partial charge is 0.481 e. The Balaban J connectivity index is 2.13. The van der Waals surface area contributed by atoms with Gasteiger partial charge in [0, 0.05) is 6.07 Å². The van der Waals surface area contributed by atoms with Crippen molar-refractivity contribution in [2.75, 3.05) is 6.61 Å². The molecule has 0 spiro atoms. The molecular formula is C12H5BrCl2F2O2S. The van der Waals surface area contributed by atoms with Crippen LogP contribution in [0.3, 0.4) is 0 Å². The van der Waals surface area contributed by atoms with Crippen LogP contribution < -0.4 is 4.74 Å². The van der Waals surface area contributed by atoms with Crippen LogP contribution in [0, 0.1) is 11.6 Å². The average Bonchev–Trinajstić information content (AvgIpc) is 2.66. The van der Waals surface area contributed by atoms with Crippen LogP contribution in [0.2, 0.25) is 8.67 Å². The summed E-state index contributed by atoms with van der Waals surface area (Å²) in [7, 11) is 0. The SMILES string of the molecule is O=C(COc1c(F)cc(F)cc1Br)c1cc(Cl)sc1Cl. The third kappa shape index (κ3) is 3.49. The molecule has 0 fully saturated rings. The lowest BCUT2D eigenvalue weighted by molar-refractivity contribution is 0.0918. The number of hydrogen-bond acceptors (Lipinski definition) is 3. The molecule has 1 aromatic carbocycles. The van der Waals surface area contributed by atoms with Crippen molar-refractivity contribution in [3.8, 4) is 5.75 Å². The molecule has 2 aromatic rings.